The molecule has 1 saturated carbocycles. The number of carbonyl (C=O) groups is 1. The third kappa shape index (κ3) is 2.43. The highest BCUT2D eigenvalue weighted by atomic mass is 16.4. The van der Waals surface area contributed by atoms with Crippen molar-refractivity contribution in [2.24, 2.45) is 0 Å². The Morgan fingerprint density at radius 3 is 2.75 bits per heavy atom. The molecular formula is C15H17N3O2. The zero-order valence-corrected chi connectivity index (χ0v) is 11.6. The Hall–Kier alpha value is -2.17. The van der Waals surface area contributed by atoms with Crippen LogP contribution in [0.5, 0.6) is 0 Å². The van der Waals surface area contributed by atoms with E-state index >= 15 is 0 Å². The second-order valence-electron chi connectivity index (χ2n) is 5.56. The van der Waals surface area contributed by atoms with Crippen molar-refractivity contribution >= 4 is 5.97 Å². The molecule has 20 heavy (non-hydrogen) atoms. The second kappa shape index (κ2) is 4.74. The summed E-state index contributed by atoms with van der Waals surface area (Å²) in [6.07, 6.45) is 4.24. The van der Waals surface area contributed by atoms with E-state index in [4.69, 9.17) is 0 Å². The highest BCUT2D eigenvalue weighted by molar-refractivity contribution is 5.88. The van der Waals surface area contributed by atoms with E-state index in [-0.39, 0.29) is 11.5 Å². The fourth-order valence-electron chi connectivity index (χ4n) is 2.14. The van der Waals surface area contributed by atoms with Gasteiger partial charge in [-0.1, -0.05) is 13.8 Å². The maximum atomic E-state index is 11.2. The molecule has 0 atom stereocenters. The molecule has 0 amide bonds. The molecule has 1 N–H and O–H groups in total. The predicted octanol–water partition coefficient (Wildman–Crippen LogP) is 2.97. The van der Waals surface area contributed by atoms with Crippen LogP contribution in [0.4, 0.5) is 0 Å². The van der Waals surface area contributed by atoms with Gasteiger partial charge in [-0.05, 0) is 37.0 Å². The third-order valence-corrected chi connectivity index (χ3v) is 3.51. The molecule has 2 aromatic heterocycles. The van der Waals surface area contributed by atoms with Gasteiger partial charge >= 0.3 is 5.97 Å². The summed E-state index contributed by atoms with van der Waals surface area (Å²) < 4.78 is 1.67. The number of pyridine rings is 1. The Morgan fingerprint density at radius 1 is 1.40 bits per heavy atom. The summed E-state index contributed by atoms with van der Waals surface area (Å²) >= 11 is 0. The molecule has 0 aromatic carbocycles. The zero-order chi connectivity index (χ0) is 14.3. The first kappa shape index (κ1) is 12.8. The summed E-state index contributed by atoms with van der Waals surface area (Å²) in [5.41, 5.74) is 2.09. The molecule has 5 nitrogen and oxygen atoms in total. The Balaban J connectivity index is 2.03. The Morgan fingerprint density at radius 2 is 2.15 bits per heavy atom. The fourth-order valence-corrected chi connectivity index (χ4v) is 2.14. The standard InChI is InChI=1S/C15H17N3O2/c1-9(2)13-7-11(15(19)20)8-14(16-13)18-6-5-12(17-18)10-3-4-10/h5-10H,3-4H2,1-2H3,(H,19,20). The van der Waals surface area contributed by atoms with Crippen molar-refractivity contribution in [3.8, 4) is 5.82 Å². The van der Waals surface area contributed by atoms with Gasteiger partial charge < -0.3 is 5.11 Å². The minimum absolute atomic E-state index is 0.173. The number of hydrogen-bond acceptors (Lipinski definition) is 3. The summed E-state index contributed by atoms with van der Waals surface area (Å²) in [6.45, 7) is 3.99. The highest BCUT2D eigenvalue weighted by Crippen LogP contribution is 2.39. The van der Waals surface area contributed by atoms with E-state index in [0.29, 0.717) is 11.7 Å². The second-order valence-corrected chi connectivity index (χ2v) is 5.56. The lowest BCUT2D eigenvalue weighted by molar-refractivity contribution is 0.0696. The number of rotatable bonds is 4. The van der Waals surface area contributed by atoms with E-state index in [9.17, 15) is 9.90 Å². The van der Waals surface area contributed by atoms with E-state index in [1.165, 1.54) is 12.8 Å². The van der Waals surface area contributed by atoms with Crippen LogP contribution < -0.4 is 0 Å². The quantitative estimate of drug-likeness (QED) is 0.928. The average molecular weight is 271 g/mol. The van der Waals surface area contributed by atoms with Gasteiger partial charge in [0.2, 0.25) is 0 Å². The van der Waals surface area contributed by atoms with Gasteiger partial charge in [0.05, 0.1) is 11.3 Å². The van der Waals surface area contributed by atoms with E-state index < -0.39 is 5.97 Å². The largest absolute Gasteiger partial charge is 0.478 e. The first-order valence-electron chi connectivity index (χ1n) is 6.86. The van der Waals surface area contributed by atoms with Crippen molar-refractivity contribution in [2.45, 2.75) is 38.5 Å². The molecule has 2 aromatic rings. The summed E-state index contributed by atoms with van der Waals surface area (Å²) in [6, 6.07) is 5.18. The van der Waals surface area contributed by atoms with Crippen molar-refractivity contribution in [1.82, 2.24) is 14.8 Å². The maximum absolute atomic E-state index is 11.2. The first-order valence-corrected chi connectivity index (χ1v) is 6.86. The lowest BCUT2D eigenvalue weighted by Gasteiger charge is -2.09. The molecule has 0 unspecified atom stereocenters. The van der Waals surface area contributed by atoms with Crippen molar-refractivity contribution in [1.29, 1.82) is 0 Å². The molecule has 3 rings (SSSR count). The van der Waals surface area contributed by atoms with Crippen LogP contribution in [0.2, 0.25) is 0 Å². The number of carboxylic acids is 1. The zero-order valence-electron chi connectivity index (χ0n) is 11.6. The summed E-state index contributed by atoms with van der Waals surface area (Å²) in [4.78, 5) is 15.7. The normalized spacial score (nSPS) is 14.8. The van der Waals surface area contributed by atoms with Gasteiger partial charge in [-0.15, -0.1) is 0 Å². The number of hydrogen-bond donors (Lipinski definition) is 1. The minimum Gasteiger partial charge on any atom is -0.478 e. The van der Waals surface area contributed by atoms with Crippen LogP contribution >= 0.6 is 0 Å². The minimum atomic E-state index is -0.940. The number of aromatic carboxylic acids is 1. The van der Waals surface area contributed by atoms with Crippen LogP contribution in [-0.2, 0) is 0 Å². The number of aromatic nitrogens is 3. The van der Waals surface area contributed by atoms with Gasteiger partial charge in [-0.25, -0.2) is 14.5 Å². The van der Waals surface area contributed by atoms with Crippen molar-refractivity contribution in [3.05, 3.63) is 41.3 Å². The van der Waals surface area contributed by atoms with E-state index in [2.05, 4.69) is 10.1 Å². The average Bonchev–Trinajstić information content (AvgIpc) is 3.15. The van der Waals surface area contributed by atoms with Crippen LogP contribution in [0.15, 0.2) is 24.4 Å². The first-order chi connectivity index (χ1) is 9.54. The molecule has 0 bridgehead atoms. The lowest BCUT2D eigenvalue weighted by atomic mass is 10.1. The molecular weight excluding hydrogens is 254 g/mol. The fraction of sp³-hybridized carbons (Fsp3) is 0.400. The number of nitrogens with zero attached hydrogens (tertiary/aromatic N) is 3. The van der Waals surface area contributed by atoms with Crippen LogP contribution in [0, 0.1) is 0 Å². The van der Waals surface area contributed by atoms with Crippen molar-refractivity contribution < 1.29 is 9.90 Å². The molecule has 2 heterocycles. The molecule has 0 saturated heterocycles. The van der Waals surface area contributed by atoms with Crippen LogP contribution in [0.3, 0.4) is 0 Å². The molecule has 1 aliphatic carbocycles. The summed E-state index contributed by atoms with van der Waals surface area (Å²) in [5.74, 6) is 0.376. The van der Waals surface area contributed by atoms with Gasteiger partial charge in [0, 0.05) is 17.8 Å². The van der Waals surface area contributed by atoms with Crippen LogP contribution in [0.1, 0.15) is 60.3 Å². The van der Waals surface area contributed by atoms with Gasteiger partial charge in [0.15, 0.2) is 5.82 Å². The van der Waals surface area contributed by atoms with E-state index in [0.717, 1.165) is 11.4 Å². The molecule has 0 spiro atoms. The molecule has 1 fully saturated rings. The summed E-state index contributed by atoms with van der Waals surface area (Å²) in [7, 11) is 0. The SMILES string of the molecule is CC(C)c1cc(C(=O)O)cc(-n2ccc(C3CC3)n2)n1. The van der Waals surface area contributed by atoms with Gasteiger partial charge in [-0.2, -0.15) is 5.10 Å². The molecule has 0 radical (unpaired) electrons. The van der Waals surface area contributed by atoms with E-state index in [1.54, 1.807) is 16.8 Å². The summed E-state index contributed by atoms with van der Waals surface area (Å²) in [5, 5.41) is 13.7. The molecule has 5 heteroatoms. The molecule has 0 aliphatic heterocycles. The highest BCUT2D eigenvalue weighted by Gasteiger charge is 2.26. The van der Waals surface area contributed by atoms with Gasteiger partial charge in [0.25, 0.3) is 0 Å². The Bertz CT molecular complexity index is 657. The topological polar surface area (TPSA) is 68.0 Å². The van der Waals surface area contributed by atoms with Gasteiger partial charge in [0.1, 0.15) is 0 Å². The smallest absolute Gasteiger partial charge is 0.335 e. The molecule has 1 aliphatic rings. The van der Waals surface area contributed by atoms with Crippen molar-refractivity contribution in [2.75, 3.05) is 0 Å². The monoisotopic (exact) mass is 271 g/mol. The van der Waals surface area contributed by atoms with Crippen LogP contribution in [-0.4, -0.2) is 25.8 Å². The Kier molecular flexibility index (Phi) is 3.04. The third-order valence-electron chi connectivity index (χ3n) is 3.51. The molecule has 104 valence electrons. The Labute approximate surface area is 117 Å². The number of carboxylic acid groups (broad SMARTS) is 1. The maximum Gasteiger partial charge on any atom is 0.335 e. The van der Waals surface area contributed by atoms with Crippen molar-refractivity contribution in [3.63, 3.8) is 0 Å². The lowest BCUT2D eigenvalue weighted by Crippen LogP contribution is -2.07. The van der Waals surface area contributed by atoms with Crippen LogP contribution in [0.25, 0.3) is 5.82 Å². The van der Waals surface area contributed by atoms with E-state index in [1.807, 2.05) is 26.1 Å². The van der Waals surface area contributed by atoms with Gasteiger partial charge in [-0.3, -0.25) is 0 Å². The predicted molar refractivity (Wildman–Crippen MR) is 74.4 cm³/mol.